The van der Waals surface area contributed by atoms with Crippen molar-refractivity contribution < 1.29 is 14.1 Å². The van der Waals surface area contributed by atoms with Gasteiger partial charge in [-0.2, -0.15) is 4.98 Å². The summed E-state index contributed by atoms with van der Waals surface area (Å²) in [6, 6.07) is 16.5. The van der Waals surface area contributed by atoms with Crippen LogP contribution in [-0.4, -0.2) is 33.7 Å². The molecule has 2 amide bonds. The highest BCUT2D eigenvalue weighted by molar-refractivity contribution is 5.91. The molecule has 0 fully saturated rings. The van der Waals surface area contributed by atoms with Crippen molar-refractivity contribution in [3.63, 3.8) is 0 Å². The largest absolute Gasteiger partial charge is 0.495 e. The molecule has 0 saturated carbocycles. The summed E-state index contributed by atoms with van der Waals surface area (Å²) >= 11 is 0. The number of hydrogen-bond acceptors (Lipinski definition) is 5. The van der Waals surface area contributed by atoms with Crippen molar-refractivity contribution in [2.45, 2.75) is 32.9 Å². The minimum Gasteiger partial charge on any atom is -0.495 e. The number of nitrogens with one attached hydrogen (secondary N) is 1. The Labute approximate surface area is 164 Å². The molecule has 0 aliphatic heterocycles. The molecule has 0 saturated heterocycles. The predicted octanol–water partition coefficient (Wildman–Crippen LogP) is 4.58. The summed E-state index contributed by atoms with van der Waals surface area (Å²) in [4.78, 5) is 19.1. The van der Waals surface area contributed by atoms with E-state index in [-0.39, 0.29) is 12.6 Å². The molecule has 0 radical (unpaired) electrons. The predicted molar refractivity (Wildman–Crippen MR) is 107 cm³/mol. The van der Waals surface area contributed by atoms with E-state index in [2.05, 4.69) is 15.5 Å². The molecule has 1 aromatic heterocycles. The van der Waals surface area contributed by atoms with Crippen molar-refractivity contribution in [3.05, 3.63) is 60.5 Å². The Hall–Kier alpha value is -3.35. The summed E-state index contributed by atoms with van der Waals surface area (Å²) in [6.45, 7) is 6.03. The Balaban J connectivity index is 1.79. The first-order valence-electron chi connectivity index (χ1n) is 8.98. The molecule has 28 heavy (non-hydrogen) atoms. The smallest absolute Gasteiger partial charge is 0.322 e. The molecule has 3 rings (SSSR count). The Bertz CT molecular complexity index is 932. The number of benzene rings is 2. The molecule has 0 spiro atoms. The van der Waals surface area contributed by atoms with E-state index in [1.165, 1.54) is 0 Å². The van der Waals surface area contributed by atoms with Crippen LogP contribution in [0.2, 0.25) is 0 Å². The zero-order valence-electron chi connectivity index (χ0n) is 16.5. The summed E-state index contributed by atoms with van der Waals surface area (Å²) < 4.78 is 10.7. The van der Waals surface area contributed by atoms with Crippen LogP contribution < -0.4 is 10.1 Å². The van der Waals surface area contributed by atoms with Gasteiger partial charge in [-0.1, -0.05) is 47.6 Å². The van der Waals surface area contributed by atoms with Crippen molar-refractivity contribution in [1.29, 1.82) is 0 Å². The molecule has 0 aliphatic rings. The summed E-state index contributed by atoms with van der Waals surface area (Å²) in [5.74, 6) is 1.45. The van der Waals surface area contributed by atoms with Crippen LogP contribution in [0, 0.1) is 0 Å². The van der Waals surface area contributed by atoms with Gasteiger partial charge in [0.2, 0.25) is 11.7 Å². The number of ether oxygens (including phenoxy) is 1. The van der Waals surface area contributed by atoms with Crippen LogP contribution in [0.1, 0.15) is 26.7 Å². The monoisotopic (exact) mass is 380 g/mol. The molecule has 3 aromatic rings. The van der Waals surface area contributed by atoms with Gasteiger partial charge in [0.25, 0.3) is 0 Å². The van der Waals surface area contributed by atoms with Gasteiger partial charge in [0.05, 0.1) is 12.8 Å². The van der Waals surface area contributed by atoms with Crippen LogP contribution in [0.25, 0.3) is 11.4 Å². The topological polar surface area (TPSA) is 80.5 Å². The van der Waals surface area contributed by atoms with E-state index in [4.69, 9.17) is 9.26 Å². The highest BCUT2D eigenvalue weighted by Crippen LogP contribution is 2.26. The van der Waals surface area contributed by atoms with Crippen LogP contribution >= 0.6 is 0 Å². The molecule has 146 valence electrons. The number of hydrogen-bond donors (Lipinski definition) is 1. The molecular formula is C21H24N4O3. The van der Waals surface area contributed by atoms with Crippen molar-refractivity contribution in [2.24, 2.45) is 0 Å². The molecule has 7 nitrogen and oxygen atoms in total. The maximum absolute atomic E-state index is 13.0. The minimum atomic E-state index is -0.465. The number of anilines is 1. The number of aromatic nitrogens is 2. The number of rotatable bonds is 5. The molecule has 0 bridgehead atoms. The van der Waals surface area contributed by atoms with Crippen molar-refractivity contribution >= 4 is 11.7 Å². The Morgan fingerprint density at radius 2 is 1.79 bits per heavy atom. The van der Waals surface area contributed by atoms with E-state index in [9.17, 15) is 4.79 Å². The molecule has 2 aromatic carbocycles. The fourth-order valence-electron chi connectivity index (χ4n) is 2.70. The maximum atomic E-state index is 13.0. The zero-order valence-corrected chi connectivity index (χ0v) is 16.5. The molecule has 0 unspecified atom stereocenters. The van der Waals surface area contributed by atoms with Crippen LogP contribution in [-0.2, 0) is 6.54 Å². The van der Waals surface area contributed by atoms with Gasteiger partial charge in [-0.15, -0.1) is 0 Å². The molecule has 7 heteroatoms. The number of amides is 2. The SMILES string of the molecule is COc1ccccc1NC(=O)N(Cc1nc(-c2ccccc2)no1)C(C)(C)C. The van der Waals surface area contributed by atoms with Gasteiger partial charge in [0, 0.05) is 11.1 Å². The average Bonchev–Trinajstić information content (AvgIpc) is 3.15. The second-order valence-electron chi connectivity index (χ2n) is 7.27. The summed E-state index contributed by atoms with van der Waals surface area (Å²) in [5, 5.41) is 6.93. The van der Waals surface area contributed by atoms with Crippen molar-refractivity contribution in [3.8, 4) is 17.1 Å². The third kappa shape index (κ3) is 4.49. The first-order chi connectivity index (χ1) is 13.4. The molecular weight excluding hydrogens is 356 g/mol. The lowest BCUT2D eigenvalue weighted by molar-refractivity contribution is 0.139. The van der Waals surface area contributed by atoms with Gasteiger partial charge in [-0.05, 0) is 32.9 Å². The number of methoxy groups -OCH3 is 1. The number of urea groups is 1. The number of nitrogens with zero attached hydrogens (tertiary/aromatic N) is 3. The Morgan fingerprint density at radius 3 is 2.46 bits per heavy atom. The maximum Gasteiger partial charge on any atom is 0.322 e. The summed E-state index contributed by atoms with van der Waals surface area (Å²) in [5.41, 5.74) is 0.992. The second-order valence-corrected chi connectivity index (χ2v) is 7.27. The van der Waals surface area contributed by atoms with Crippen LogP contribution in [0.5, 0.6) is 5.75 Å². The molecule has 1 N–H and O–H groups in total. The highest BCUT2D eigenvalue weighted by atomic mass is 16.5. The lowest BCUT2D eigenvalue weighted by Crippen LogP contribution is -2.47. The fourth-order valence-corrected chi connectivity index (χ4v) is 2.70. The van der Waals surface area contributed by atoms with Crippen molar-refractivity contribution in [1.82, 2.24) is 15.0 Å². The lowest BCUT2D eigenvalue weighted by Gasteiger charge is -2.34. The van der Waals surface area contributed by atoms with Crippen LogP contribution in [0.15, 0.2) is 59.1 Å². The lowest BCUT2D eigenvalue weighted by atomic mass is 10.1. The van der Waals surface area contributed by atoms with Crippen LogP contribution in [0.3, 0.4) is 0 Å². The van der Waals surface area contributed by atoms with Gasteiger partial charge in [-0.25, -0.2) is 4.79 Å². The summed E-state index contributed by atoms with van der Waals surface area (Å²) in [7, 11) is 1.57. The number of carbonyl (C=O) groups is 1. The first kappa shape index (κ1) is 19.4. The van der Waals surface area contributed by atoms with Gasteiger partial charge >= 0.3 is 6.03 Å². The molecule has 0 atom stereocenters. The van der Waals surface area contributed by atoms with E-state index in [0.717, 1.165) is 5.56 Å². The Kier molecular flexibility index (Phi) is 5.63. The first-order valence-corrected chi connectivity index (χ1v) is 8.98. The van der Waals surface area contributed by atoms with Gasteiger partial charge in [0.15, 0.2) is 0 Å². The standard InChI is InChI=1S/C21H24N4O3/c1-21(2,3)25(20(26)22-16-12-8-9-13-17(16)27-4)14-18-23-19(24-28-18)15-10-6-5-7-11-15/h5-13H,14H2,1-4H3,(H,22,26). The van der Waals surface area contributed by atoms with Gasteiger partial charge in [-0.3, -0.25) is 0 Å². The van der Waals surface area contributed by atoms with E-state index in [0.29, 0.717) is 23.2 Å². The molecule has 0 aliphatic carbocycles. The minimum absolute atomic E-state index is 0.185. The number of para-hydroxylation sites is 2. The normalized spacial score (nSPS) is 11.1. The highest BCUT2D eigenvalue weighted by Gasteiger charge is 2.29. The number of carbonyl (C=O) groups excluding carboxylic acids is 1. The van der Waals surface area contributed by atoms with E-state index >= 15 is 0 Å². The average molecular weight is 380 g/mol. The third-order valence-corrected chi connectivity index (χ3v) is 4.20. The van der Waals surface area contributed by atoms with E-state index in [1.807, 2.05) is 63.2 Å². The zero-order chi connectivity index (χ0) is 20.1. The Morgan fingerprint density at radius 1 is 1.11 bits per heavy atom. The molecule has 1 heterocycles. The van der Waals surface area contributed by atoms with Crippen LogP contribution in [0.4, 0.5) is 10.5 Å². The van der Waals surface area contributed by atoms with E-state index < -0.39 is 5.54 Å². The quantitative estimate of drug-likeness (QED) is 0.701. The van der Waals surface area contributed by atoms with Gasteiger partial charge in [0.1, 0.15) is 12.3 Å². The van der Waals surface area contributed by atoms with Gasteiger partial charge < -0.3 is 19.5 Å². The second kappa shape index (κ2) is 8.12. The fraction of sp³-hybridized carbons (Fsp3) is 0.286. The van der Waals surface area contributed by atoms with Crippen molar-refractivity contribution in [2.75, 3.05) is 12.4 Å². The van der Waals surface area contributed by atoms with E-state index in [1.54, 1.807) is 24.1 Å². The summed E-state index contributed by atoms with van der Waals surface area (Å²) in [6.07, 6.45) is 0. The third-order valence-electron chi connectivity index (χ3n) is 4.20.